The number of nitrogens with one attached hydrogen (secondary N) is 2. The van der Waals surface area contributed by atoms with Crippen molar-refractivity contribution in [3.8, 4) is 5.88 Å². The Kier molecular flexibility index (Phi) is 7.23. The highest BCUT2D eigenvalue weighted by Crippen LogP contribution is 2.30. The molecule has 2 N–H and O–H groups in total. The molecule has 0 aliphatic carbocycles. The van der Waals surface area contributed by atoms with E-state index in [1.54, 1.807) is 11.8 Å². The van der Waals surface area contributed by atoms with Gasteiger partial charge >= 0.3 is 0 Å². The van der Waals surface area contributed by atoms with Crippen molar-refractivity contribution in [2.45, 2.75) is 39.7 Å². The molecule has 0 fully saturated rings. The van der Waals surface area contributed by atoms with Crippen LogP contribution in [-0.4, -0.2) is 40.2 Å². The molecule has 164 valence electrons. The van der Waals surface area contributed by atoms with E-state index in [9.17, 15) is 9.59 Å². The molecule has 0 saturated heterocycles. The first-order chi connectivity index (χ1) is 14.9. The number of nitrogens with zero attached hydrogens (tertiary/aromatic N) is 3. The number of carbonyl (C=O) groups excluding carboxylic acids is 2. The normalized spacial score (nSPS) is 10.8. The Hall–Kier alpha value is -3.42. The molecule has 0 saturated carbocycles. The summed E-state index contributed by atoms with van der Waals surface area (Å²) in [5.41, 5.74) is 4.74. The van der Waals surface area contributed by atoms with Crippen LogP contribution in [0.3, 0.4) is 0 Å². The molecule has 8 nitrogen and oxygen atoms in total. The van der Waals surface area contributed by atoms with E-state index in [1.807, 2.05) is 51.2 Å². The molecule has 0 bridgehead atoms. The van der Waals surface area contributed by atoms with Crippen molar-refractivity contribution in [2.75, 3.05) is 13.7 Å². The Balaban J connectivity index is 1.49. The summed E-state index contributed by atoms with van der Waals surface area (Å²) in [5, 5.41) is 10.9. The van der Waals surface area contributed by atoms with E-state index in [-0.39, 0.29) is 18.2 Å². The smallest absolute Gasteiger partial charge is 0.242 e. The number of aromatic nitrogens is 3. The summed E-state index contributed by atoms with van der Waals surface area (Å²) in [5.74, 6) is 0.358. The van der Waals surface area contributed by atoms with E-state index in [4.69, 9.17) is 4.74 Å². The van der Waals surface area contributed by atoms with E-state index in [0.29, 0.717) is 31.8 Å². The Morgan fingerprint density at radius 2 is 1.77 bits per heavy atom. The van der Waals surface area contributed by atoms with Crippen molar-refractivity contribution in [3.63, 3.8) is 0 Å². The average Bonchev–Trinajstić information content (AvgIpc) is 3.08. The highest BCUT2D eigenvalue weighted by atomic mass is 16.5. The molecule has 3 rings (SSSR count). The van der Waals surface area contributed by atoms with E-state index < -0.39 is 0 Å². The van der Waals surface area contributed by atoms with Gasteiger partial charge in [0.05, 0.1) is 12.5 Å². The second kappa shape index (κ2) is 10.1. The maximum atomic E-state index is 12.3. The van der Waals surface area contributed by atoms with E-state index in [1.165, 1.54) is 0 Å². The maximum absolute atomic E-state index is 12.3. The van der Waals surface area contributed by atoms with Crippen LogP contribution in [0, 0.1) is 13.8 Å². The molecule has 0 unspecified atom stereocenters. The minimum absolute atomic E-state index is 0.0887. The summed E-state index contributed by atoms with van der Waals surface area (Å²) in [6.45, 7) is 4.74. The Labute approximate surface area is 182 Å². The third-order valence-electron chi connectivity index (χ3n) is 5.32. The zero-order valence-electron chi connectivity index (χ0n) is 18.5. The van der Waals surface area contributed by atoms with Crippen LogP contribution in [0.15, 0.2) is 30.3 Å². The Bertz CT molecular complexity index is 1080. The minimum atomic E-state index is -0.0899. The van der Waals surface area contributed by atoms with Gasteiger partial charge in [0.15, 0.2) is 5.65 Å². The Morgan fingerprint density at radius 1 is 1.06 bits per heavy atom. The standard InChI is InChI=1S/C23H29N5O3/c1-15-18(16(2)26-22-21(15)23(31-4)27-28(22)3)10-11-19(29)24-13-12-20(30)25-14-17-8-6-5-7-9-17/h5-9H,10-14H2,1-4H3,(H,24,29)(H,25,30). The Morgan fingerprint density at radius 3 is 2.48 bits per heavy atom. The van der Waals surface area contributed by atoms with Crippen LogP contribution in [-0.2, 0) is 29.6 Å². The van der Waals surface area contributed by atoms with Crippen LogP contribution in [0.25, 0.3) is 11.0 Å². The number of ether oxygens (including phenoxy) is 1. The quantitative estimate of drug-likeness (QED) is 0.551. The SMILES string of the molecule is COc1nn(C)c2nc(C)c(CCC(=O)NCCC(=O)NCc3ccccc3)c(C)c12. The number of carbonyl (C=O) groups is 2. The first kappa shape index (κ1) is 22.3. The summed E-state index contributed by atoms with van der Waals surface area (Å²) < 4.78 is 7.09. The molecule has 31 heavy (non-hydrogen) atoms. The predicted molar refractivity (Wildman–Crippen MR) is 119 cm³/mol. The van der Waals surface area contributed by atoms with Gasteiger partial charge in [-0.3, -0.25) is 9.59 Å². The molecule has 1 aromatic carbocycles. The highest BCUT2D eigenvalue weighted by molar-refractivity contribution is 5.86. The number of rotatable bonds is 9. The molecule has 0 aliphatic rings. The van der Waals surface area contributed by atoms with Gasteiger partial charge in [0, 0.05) is 38.7 Å². The molecule has 0 atom stereocenters. The summed E-state index contributed by atoms with van der Waals surface area (Å²) in [6, 6.07) is 9.72. The molecule has 3 aromatic rings. The minimum Gasteiger partial charge on any atom is -0.479 e. The predicted octanol–water partition coefficient (Wildman–Crippen LogP) is 2.35. The van der Waals surface area contributed by atoms with E-state index >= 15 is 0 Å². The van der Waals surface area contributed by atoms with Gasteiger partial charge in [-0.05, 0) is 37.0 Å². The van der Waals surface area contributed by atoms with Crippen LogP contribution >= 0.6 is 0 Å². The van der Waals surface area contributed by atoms with Crippen LogP contribution < -0.4 is 15.4 Å². The summed E-state index contributed by atoms with van der Waals surface area (Å²) in [6.07, 6.45) is 1.13. The number of amides is 2. The lowest BCUT2D eigenvalue weighted by Crippen LogP contribution is -2.30. The number of hydrogen-bond donors (Lipinski definition) is 2. The number of methoxy groups -OCH3 is 1. The number of benzene rings is 1. The summed E-state index contributed by atoms with van der Waals surface area (Å²) >= 11 is 0. The second-order valence-electron chi connectivity index (χ2n) is 7.49. The van der Waals surface area contributed by atoms with Crippen LogP contribution in [0.4, 0.5) is 0 Å². The molecule has 8 heteroatoms. The fourth-order valence-corrected chi connectivity index (χ4v) is 3.63. The molecule has 0 aliphatic heterocycles. The fourth-order valence-electron chi connectivity index (χ4n) is 3.63. The molecule has 2 aromatic heterocycles. The fraction of sp³-hybridized carbons (Fsp3) is 0.391. The zero-order chi connectivity index (χ0) is 22.4. The molecule has 0 spiro atoms. The van der Waals surface area contributed by atoms with Gasteiger partial charge in [-0.2, -0.15) is 0 Å². The van der Waals surface area contributed by atoms with E-state index in [2.05, 4.69) is 20.7 Å². The van der Waals surface area contributed by atoms with Gasteiger partial charge in [-0.25, -0.2) is 9.67 Å². The number of pyridine rings is 1. The van der Waals surface area contributed by atoms with Crippen molar-refractivity contribution < 1.29 is 14.3 Å². The second-order valence-corrected chi connectivity index (χ2v) is 7.49. The lowest BCUT2D eigenvalue weighted by molar-refractivity contribution is -0.122. The zero-order valence-corrected chi connectivity index (χ0v) is 18.5. The van der Waals surface area contributed by atoms with Gasteiger partial charge in [-0.15, -0.1) is 5.10 Å². The third-order valence-corrected chi connectivity index (χ3v) is 5.32. The lowest BCUT2D eigenvalue weighted by Gasteiger charge is -2.11. The molecule has 2 amide bonds. The van der Waals surface area contributed by atoms with Crippen molar-refractivity contribution >= 4 is 22.8 Å². The molecule has 0 radical (unpaired) electrons. The number of hydrogen-bond acceptors (Lipinski definition) is 5. The number of fused-ring (bicyclic) bond motifs is 1. The highest BCUT2D eigenvalue weighted by Gasteiger charge is 2.18. The third kappa shape index (κ3) is 5.39. The van der Waals surface area contributed by atoms with Crippen molar-refractivity contribution in [1.29, 1.82) is 0 Å². The molecule has 2 heterocycles. The van der Waals surface area contributed by atoms with Gasteiger partial charge < -0.3 is 15.4 Å². The first-order valence-corrected chi connectivity index (χ1v) is 10.3. The van der Waals surface area contributed by atoms with Crippen LogP contribution in [0.1, 0.15) is 35.2 Å². The molecular formula is C23H29N5O3. The summed E-state index contributed by atoms with van der Waals surface area (Å²) in [4.78, 5) is 28.9. The lowest BCUT2D eigenvalue weighted by atomic mass is 10.00. The van der Waals surface area contributed by atoms with Gasteiger partial charge in [-0.1, -0.05) is 30.3 Å². The van der Waals surface area contributed by atoms with Gasteiger partial charge in [0.25, 0.3) is 0 Å². The van der Waals surface area contributed by atoms with Crippen LogP contribution in [0.2, 0.25) is 0 Å². The topological polar surface area (TPSA) is 98.1 Å². The number of aryl methyl sites for hydroxylation is 3. The maximum Gasteiger partial charge on any atom is 0.242 e. The van der Waals surface area contributed by atoms with Crippen molar-refractivity contribution in [3.05, 3.63) is 52.7 Å². The first-order valence-electron chi connectivity index (χ1n) is 10.3. The average molecular weight is 424 g/mol. The van der Waals surface area contributed by atoms with Gasteiger partial charge in [0.2, 0.25) is 17.7 Å². The molecular weight excluding hydrogens is 394 g/mol. The van der Waals surface area contributed by atoms with Crippen LogP contribution in [0.5, 0.6) is 5.88 Å². The van der Waals surface area contributed by atoms with E-state index in [0.717, 1.165) is 33.4 Å². The van der Waals surface area contributed by atoms with Crippen molar-refractivity contribution in [2.24, 2.45) is 7.05 Å². The van der Waals surface area contributed by atoms with Gasteiger partial charge in [0.1, 0.15) is 0 Å². The van der Waals surface area contributed by atoms with Crippen molar-refractivity contribution in [1.82, 2.24) is 25.4 Å². The summed E-state index contributed by atoms with van der Waals surface area (Å²) in [7, 11) is 3.42. The largest absolute Gasteiger partial charge is 0.479 e. The monoisotopic (exact) mass is 423 g/mol.